The number of benzene rings is 1. The number of ether oxygens (including phenoxy) is 2. The summed E-state index contributed by atoms with van der Waals surface area (Å²) >= 11 is 0. The third kappa shape index (κ3) is 3.53. The van der Waals surface area contributed by atoms with Gasteiger partial charge in [0.25, 0.3) is 0 Å². The van der Waals surface area contributed by atoms with Gasteiger partial charge in [-0.05, 0) is 31.0 Å². The molecule has 17 heavy (non-hydrogen) atoms. The topological polar surface area (TPSA) is 35.5 Å². The fourth-order valence-electron chi connectivity index (χ4n) is 1.85. The molecule has 4 heteroatoms. The minimum atomic E-state index is -0.484. The molecule has 0 unspecified atom stereocenters. The Balaban J connectivity index is 1.77. The van der Waals surface area contributed by atoms with Crippen LogP contribution in [-0.4, -0.2) is 25.3 Å². The van der Waals surface area contributed by atoms with Gasteiger partial charge in [0.05, 0.1) is 18.3 Å². The molecule has 0 bridgehead atoms. The van der Waals surface area contributed by atoms with E-state index < -0.39 is 11.8 Å². The molecule has 1 aromatic carbocycles. The van der Waals surface area contributed by atoms with E-state index in [4.69, 9.17) is 9.47 Å². The molecule has 1 atom stereocenters. The summed E-state index contributed by atoms with van der Waals surface area (Å²) in [5.41, 5.74) is 0.248. The highest BCUT2D eigenvalue weighted by Gasteiger charge is 2.16. The first kappa shape index (κ1) is 12.0. The van der Waals surface area contributed by atoms with E-state index in [-0.39, 0.29) is 11.7 Å². The highest BCUT2D eigenvalue weighted by molar-refractivity contribution is 5.89. The number of rotatable bonds is 4. The molecule has 2 rings (SSSR count). The van der Waals surface area contributed by atoms with E-state index in [2.05, 4.69) is 0 Å². The quantitative estimate of drug-likeness (QED) is 0.756. The van der Waals surface area contributed by atoms with E-state index in [1.807, 2.05) is 0 Å². The fraction of sp³-hybridized carbons (Fsp3) is 0.462. The van der Waals surface area contributed by atoms with E-state index in [0.717, 1.165) is 19.4 Å². The van der Waals surface area contributed by atoms with Crippen LogP contribution in [0.15, 0.2) is 24.3 Å². The molecular formula is C13H15FO3. The van der Waals surface area contributed by atoms with Gasteiger partial charge in [0.1, 0.15) is 5.82 Å². The smallest absolute Gasteiger partial charge is 0.338 e. The Labute approximate surface area is 99.5 Å². The van der Waals surface area contributed by atoms with E-state index in [0.29, 0.717) is 13.0 Å². The monoisotopic (exact) mass is 238 g/mol. The summed E-state index contributed by atoms with van der Waals surface area (Å²) in [6, 6.07) is 5.50. The zero-order valence-corrected chi connectivity index (χ0v) is 9.52. The molecule has 1 aliphatic rings. The lowest BCUT2D eigenvalue weighted by molar-refractivity contribution is 0.0385. The molecular weight excluding hydrogens is 223 g/mol. The van der Waals surface area contributed by atoms with Gasteiger partial charge in [0.2, 0.25) is 0 Å². The van der Waals surface area contributed by atoms with Crippen molar-refractivity contribution >= 4 is 5.97 Å². The van der Waals surface area contributed by atoms with E-state index in [9.17, 15) is 9.18 Å². The number of esters is 1. The first-order valence-electron chi connectivity index (χ1n) is 5.80. The summed E-state index contributed by atoms with van der Waals surface area (Å²) in [4.78, 5) is 11.5. The van der Waals surface area contributed by atoms with Crippen molar-refractivity contribution in [2.24, 2.45) is 0 Å². The normalized spacial score (nSPS) is 19.2. The fourth-order valence-corrected chi connectivity index (χ4v) is 1.85. The molecule has 0 amide bonds. The zero-order valence-electron chi connectivity index (χ0n) is 9.52. The Hall–Kier alpha value is -1.42. The van der Waals surface area contributed by atoms with E-state index >= 15 is 0 Å². The molecule has 0 aromatic heterocycles. The van der Waals surface area contributed by atoms with E-state index in [1.165, 1.54) is 24.3 Å². The van der Waals surface area contributed by atoms with Crippen LogP contribution in [0.1, 0.15) is 29.6 Å². The summed E-state index contributed by atoms with van der Waals surface area (Å²) in [5, 5.41) is 0. The van der Waals surface area contributed by atoms with Crippen LogP contribution in [0.5, 0.6) is 0 Å². The number of hydrogen-bond acceptors (Lipinski definition) is 3. The number of halogens is 1. The summed E-state index contributed by atoms with van der Waals surface area (Å²) in [7, 11) is 0. The Morgan fingerprint density at radius 3 is 3.12 bits per heavy atom. The van der Waals surface area contributed by atoms with Crippen molar-refractivity contribution in [3.8, 4) is 0 Å². The van der Waals surface area contributed by atoms with E-state index in [1.54, 1.807) is 0 Å². The number of hydrogen-bond donors (Lipinski definition) is 0. The lowest BCUT2D eigenvalue weighted by atomic mass is 10.2. The second kappa shape index (κ2) is 5.77. The minimum Gasteiger partial charge on any atom is -0.462 e. The van der Waals surface area contributed by atoms with Gasteiger partial charge in [-0.25, -0.2) is 9.18 Å². The van der Waals surface area contributed by atoms with Crippen LogP contribution in [0.3, 0.4) is 0 Å². The molecule has 1 fully saturated rings. The molecule has 1 aliphatic heterocycles. The molecule has 0 spiro atoms. The Bertz CT molecular complexity index is 386. The van der Waals surface area contributed by atoms with Gasteiger partial charge < -0.3 is 9.47 Å². The second-order valence-corrected chi connectivity index (χ2v) is 4.07. The molecule has 0 N–H and O–H groups in total. The molecule has 0 radical (unpaired) electrons. The third-order valence-electron chi connectivity index (χ3n) is 2.76. The second-order valence-electron chi connectivity index (χ2n) is 4.07. The lowest BCUT2D eigenvalue weighted by Crippen LogP contribution is -2.13. The van der Waals surface area contributed by atoms with Crippen molar-refractivity contribution in [2.45, 2.75) is 25.4 Å². The van der Waals surface area contributed by atoms with Crippen molar-refractivity contribution in [1.29, 1.82) is 0 Å². The average molecular weight is 238 g/mol. The summed E-state index contributed by atoms with van der Waals surface area (Å²) in [5.74, 6) is -0.916. The highest BCUT2D eigenvalue weighted by Crippen LogP contribution is 2.15. The van der Waals surface area contributed by atoms with Crippen molar-refractivity contribution < 1.29 is 18.7 Å². The average Bonchev–Trinajstić information content (AvgIpc) is 2.82. The van der Waals surface area contributed by atoms with Crippen LogP contribution in [0.25, 0.3) is 0 Å². The van der Waals surface area contributed by atoms with Crippen LogP contribution >= 0.6 is 0 Å². The van der Waals surface area contributed by atoms with Gasteiger partial charge in [0, 0.05) is 13.0 Å². The molecule has 0 aliphatic carbocycles. The van der Waals surface area contributed by atoms with Gasteiger partial charge in [-0.15, -0.1) is 0 Å². The molecule has 1 heterocycles. The van der Waals surface area contributed by atoms with Crippen molar-refractivity contribution in [3.05, 3.63) is 35.6 Å². The largest absolute Gasteiger partial charge is 0.462 e. The Morgan fingerprint density at radius 1 is 1.53 bits per heavy atom. The maximum Gasteiger partial charge on any atom is 0.338 e. The minimum absolute atomic E-state index is 0.204. The molecule has 1 aromatic rings. The predicted octanol–water partition coefficient (Wildman–Crippen LogP) is 2.55. The van der Waals surface area contributed by atoms with Crippen LogP contribution in [0.2, 0.25) is 0 Å². The summed E-state index contributed by atoms with van der Waals surface area (Å²) in [6.07, 6.45) is 3.01. The van der Waals surface area contributed by atoms with Crippen molar-refractivity contribution in [1.82, 2.24) is 0 Å². The van der Waals surface area contributed by atoms with Gasteiger partial charge in [0.15, 0.2) is 0 Å². The first-order chi connectivity index (χ1) is 8.25. The summed E-state index contributed by atoms with van der Waals surface area (Å²) < 4.78 is 23.3. The molecule has 0 saturated carbocycles. The lowest BCUT2D eigenvalue weighted by Gasteiger charge is -2.09. The van der Waals surface area contributed by atoms with Gasteiger partial charge in [-0.2, -0.15) is 0 Å². The predicted molar refractivity (Wildman–Crippen MR) is 60.3 cm³/mol. The van der Waals surface area contributed by atoms with Crippen molar-refractivity contribution in [3.63, 3.8) is 0 Å². The maximum atomic E-state index is 12.9. The van der Waals surface area contributed by atoms with Crippen LogP contribution in [0, 0.1) is 5.82 Å². The first-order valence-corrected chi connectivity index (χ1v) is 5.80. The summed E-state index contributed by atoms with van der Waals surface area (Å²) in [6.45, 7) is 1.11. The third-order valence-corrected chi connectivity index (χ3v) is 2.76. The Kier molecular flexibility index (Phi) is 4.09. The van der Waals surface area contributed by atoms with Crippen LogP contribution in [0.4, 0.5) is 4.39 Å². The molecule has 3 nitrogen and oxygen atoms in total. The van der Waals surface area contributed by atoms with Crippen LogP contribution in [-0.2, 0) is 9.47 Å². The van der Waals surface area contributed by atoms with Gasteiger partial charge in [-0.1, -0.05) is 6.07 Å². The number of carbonyl (C=O) groups excluding carboxylic acids is 1. The maximum absolute atomic E-state index is 12.9. The van der Waals surface area contributed by atoms with Crippen molar-refractivity contribution in [2.75, 3.05) is 13.2 Å². The van der Waals surface area contributed by atoms with Crippen LogP contribution < -0.4 is 0 Å². The van der Waals surface area contributed by atoms with Gasteiger partial charge >= 0.3 is 5.97 Å². The Morgan fingerprint density at radius 2 is 2.41 bits per heavy atom. The number of carbonyl (C=O) groups is 1. The van der Waals surface area contributed by atoms with Gasteiger partial charge in [-0.3, -0.25) is 0 Å². The SMILES string of the molecule is O=C(OCC[C@H]1CCCO1)c1cccc(F)c1. The standard InChI is InChI=1S/C13H15FO3/c14-11-4-1-3-10(9-11)13(15)17-8-6-12-5-2-7-16-12/h1,3-4,9,12H,2,5-8H2/t12-/m1/s1. The molecule has 1 saturated heterocycles. The molecule has 92 valence electrons. The highest BCUT2D eigenvalue weighted by atomic mass is 19.1. The zero-order chi connectivity index (χ0) is 12.1.